The first-order chi connectivity index (χ1) is 11.7. The molecule has 1 N–H and O–H groups in total. The summed E-state index contributed by atoms with van der Waals surface area (Å²) in [6.45, 7) is 4.02. The van der Waals surface area contributed by atoms with Gasteiger partial charge in [-0.15, -0.1) is 0 Å². The van der Waals surface area contributed by atoms with Crippen molar-refractivity contribution < 1.29 is 24.1 Å². The van der Waals surface area contributed by atoms with Crippen LogP contribution in [-0.4, -0.2) is 67.7 Å². The molecule has 1 atom stereocenters. The van der Waals surface area contributed by atoms with E-state index in [2.05, 4.69) is 15.9 Å². The molecule has 3 aliphatic rings. The number of rotatable bonds is 3. The van der Waals surface area contributed by atoms with Crippen molar-refractivity contribution >= 4 is 11.7 Å². The zero-order valence-electron chi connectivity index (χ0n) is 13.5. The lowest BCUT2D eigenvalue weighted by Crippen LogP contribution is -2.53. The van der Waals surface area contributed by atoms with E-state index in [4.69, 9.17) is 19.3 Å². The molecule has 2 fully saturated rings. The number of hydrogen-bond donors (Lipinski definition) is 1. The molecule has 0 saturated carbocycles. The lowest BCUT2D eigenvalue weighted by molar-refractivity contribution is -0.157. The summed E-state index contributed by atoms with van der Waals surface area (Å²) < 4.78 is 16.1. The standard InChI is InChI=1S/C17H22N2O5/c20-17(21)16-10-19(7-8-22-16)12-3-5-18(6-4-12)13-1-2-14-15(9-13)24-11-23-14/h1-2,9,12,16H,3-8,10-11H2,(H,20,21). The Labute approximate surface area is 140 Å². The Bertz CT molecular complexity index is 615. The highest BCUT2D eigenvalue weighted by Crippen LogP contribution is 2.36. The van der Waals surface area contributed by atoms with Crippen LogP contribution >= 0.6 is 0 Å². The quantitative estimate of drug-likeness (QED) is 0.889. The first kappa shape index (κ1) is 15.5. The van der Waals surface area contributed by atoms with Crippen LogP contribution in [0.25, 0.3) is 0 Å². The molecule has 0 aliphatic carbocycles. The van der Waals surface area contributed by atoms with E-state index >= 15 is 0 Å². The molecule has 130 valence electrons. The predicted octanol–water partition coefficient (Wildman–Crippen LogP) is 1.17. The molecule has 1 aromatic carbocycles. The van der Waals surface area contributed by atoms with Gasteiger partial charge in [0.2, 0.25) is 6.79 Å². The molecule has 1 unspecified atom stereocenters. The largest absolute Gasteiger partial charge is 0.479 e. The fourth-order valence-electron chi connectivity index (χ4n) is 3.72. The summed E-state index contributed by atoms with van der Waals surface area (Å²) in [5, 5.41) is 9.14. The fraction of sp³-hybridized carbons (Fsp3) is 0.588. The van der Waals surface area contributed by atoms with E-state index in [1.54, 1.807) is 0 Å². The van der Waals surface area contributed by atoms with Gasteiger partial charge in [-0.2, -0.15) is 0 Å². The zero-order chi connectivity index (χ0) is 16.5. The molecule has 0 bridgehead atoms. The third-order valence-electron chi connectivity index (χ3n) is 5.08. The maximum atomic E-state index is 11.1. The van der Waals surface area contributed by atoms with Gasteiger partial charge in [-0.3, -0.25) is 4.90 Å². The number of carbonyl (C=O) groups is 1. The summed E-state index contributed by atoms with van der Waals surface area (Å²) in [6.07, 6.45) is 1.37. The lowest BCUT2D eigenvalue weighted by Gasteiger charge is -2.42. The van der Waals surface area contributed by atoms with Gasteiger partial charge in [-0.25, -0.2) is 4.79 Å². The summed E-state index contributed by atoms with van der Waals surface area (Å²) in [5.41, 5.74) is 1.16. The molecule has 7 nitrogen and oxygen atoms in total. The van der Waals surface area contributed by atoms with Crippen LogP contribution in [0.4, 0.5) is 5.69 Å². The van der Waals surface area contributed by atoms with Crippen LogP contribution in [0.3, 0.4) is 0 Å². The number of ether oxygens (including phenoxy) is 3. The summed E-state index contributed by atoms with van der Waals surface area (Å²) in [6, 6.07) is 6.50. The van der Waals surface area contributed by atoms with E-state index in [1.165, 1.54) is 0 Å². The van der Waals surface area contributed by atoms with Crippen molar-refractivity contribution in [2.24, 2.45) is 0 Å². The second-order valence-corrected chi connectivity index (χ2v) is 6.45. The summed E-state index contributed by atoms with van der Waals surface area (Å²) in [4.78, 5) is 15.8. The highest BCUT2D eigenvalue weighted by Gasteiger charge is 2.32. The van der Waals surface area contributed by atoms with Crippen molar-refractivity contribution in [2.45, 2.75) is 25.0 Å². The molecule has 3 heterocycles. The SMILES string of the molecule is O=C(O)C1CN(C2CCN(c3ccc4c(c3)OCO4)CC2)CCO1. The van der Waals surface area contributed by atoms with Crippen LogP contribution in [-0.2, 0) is 9.53 Å². The number of carboxylic acids is 1. The van der Waals surface area contributed by atoms with Gasteiger partial charge in [0.1, 0.15) is 0 Å². The number of carboxylic acid groups (broad SMARTS) is 1. The van der Waals surface area contributed by atoms with Crippen LogP contribution in [0.5, 0.6) is 11.5 Å². The van der Waals surface area contributed by atoms with Gasteiger partial charge in [0.05, 0.1) is 6.61 Å². The van der Waals surface area contributed by atoms with E-state index in [0.29, 0.717) is 26.0 Å². The Balaban J connectivity index is 1.36. The molecule has 0 amide bonds. The molecule has 1 aromatic rings. The highest BCUT2D eigenvalue weighted by atomic mass is 16.7. The van der Waals surface area contributed by atoms with Gasteiger partial charge in [-0.1, -0.05) is 0 Å². The van der Waals surface area contributed by atoms with Gasteiger partial charge in [0.25, 0.3) is 0 Å². The number of nitrogens with zero attached hydrogens (tertiary/aromatic N) is 2. The highest BCUT2D eigenvalue weighted by molar-refractivity contribution is 5.72. The van der Waals surface area contributed by atoms with Crippen molar-refractivity contribution in [3.63, 3.8) is 0 Å². The number of piperidine rings is 1. The second-order valence-electron chi connectivity index (χ2n) is 6.45. The summed E-state index contributed by atoms with van der Waals surface area (Å²) in [5.74, 6) is 0.756. The third kappa shape index (κ3) is 3.01. The molecule has 0 radical (unpaired) electrons. The Morgan fingerprint density at radius 2 is 1.92 bits per heavy atom. The van der Waals surface area contributed by atoms with Crippen molar-refractivity contribution in [2.75, 3.05) is 44.5 Å². The van der Waals surface area contributed by atoms with Crippen molar-refractivity contribution in [1.29, 1.82) is 0 Å². The molecule has 0 spiro atoms. The minimum atomic E-state index is -0.863. The first-order valence-corrected chi connectivity index (χ1v) is 8.44. The molecule has 4 rings (SSSR count). The molecule has 3 aliphatic heterocycles. The second kappa shape index (κ2) is 6.49. The van der Waals surface area contributed by atoms with Crippen molar-refractivity contribution in [3.05, 3.63) is 18.2 Å². The van der Waals surface area contributed by atoms with Crippen LogP contribution in [0.2, 0.25) is 0 Å². The molecule has 2 saturated heterocycles. The molecule has 0 aromatic heterocycles. The van der Waals surface area contributed by atoms with Gasteiger partial charge >= 0.3 is 5.97 Å². The number of benzene rings is 1. The monoisotopic (exact) mass is 334 g/mol. The lowest BCUT2D eigenvalue weighted by atomic mass is 10.0. The van der Waals surface area contributed by atoms with Gasteiger partial charge in [0, 0.05) is 44.0 Å². The van der Waals surface area contributed by atoms with E-state index < -0.39 is 12.1 Å². The number of fused-ring (bicyclic) bond motifs is 1. The van der Waals surface area contributed by atoms with Crippen LogP contribution in [0.1, 0.15) is 12.8 Å². The van der Waals surface area contributed by atoms with Crippen LogP contribution in [0, 0.1) is 0 Å². The number of hydrogen-bond acceptors (Lipinski definition) is 6. The van der Waals surface area contributed by atoms with E-state index in [1.807, 2.05) is 12.1 Å². The van der Waals surface area contributed by atoms with E-state index in [0.717, 1.165) is 49.7 Å². The maximum Gasteiger partial charge on any atom is 0.334 e. The predicted molar refractivity (Wildman–Crippen MR) is 86.7 cm³/mol. The number of morpholine rings is 1. The average Bonchev–Trinajstić information content (AvgIpc) is 3.09. The smallest absolute Gasteiger partial charge is 0.334 e. The Hall–Kier alpha value is -1.99. The van der Waals surface area contributed by atoms with Gasteiger partial charge in [-0.05, 0) is 25.0 Å². The first-order valence-electron chi connectivity index (χ1n) is 8.44. The summed E-state index contributed by atoms with van der Waals surface area (Å²) in [7, 11) is 0. The molecular weight excluding hydrogens is 312 g/mol. The Morgan fingerprint density at radius 1 is 1.12 bits per heavy atom. The van der Waals surface area contributed by atoms with E-state index in [-0.39, 0.29) is 0 Å². The average molecular weight is 334 g/mol. The molecule has 24 heavy (non-hydrogen) atoms. The van der Waals surface area contributed by atoms with Crippen molar-refractivity contribution in [3.8, 4) is 11.5 Å². The van der Waals surface area contributed by atoms with E-state index in [9.17, 15) is 4.79 Å². The molecule has 7 heteroatoms. The van der Waals surface area contributed by atoms with Gasteiger partial charge < -0.3 is 24.2 Å². The third-order valence-corrected chi connectivity index (χ3v) is 5.08. The minimum absolute atomic E-state index is 0.294. The normalized spacial score (nSPS) is 25.0. The minimum Gasteiger partial charge on any atom is -0.479 e. The Kier molecular flexibility index (Phi) is 4.20. The Morgan fingerprint density at radius 3 is 2.71 bits per heavy atom. The topological polar surface area (TPSA) is 71.5 Å². The zero-order valence-corrected chi connectivity index (χ0v) is 13.5. The number of aliphatic carboxylic acids is 1. The van der Waals surface area contributed by atoms with Gasteiger partial charge in [0.15, 0.2) is 17.6 Å². The fourth-order valence-corrected chi connectivity index (χ4v) is 3.72. The molecular formula is C17H22N2O5. The maximum absolute atomic E-state index is 11.1. The van der Waals surface area contributed by atoms with Crippen LogP contribution in [0.15, 0.2) is 18.2 Å². The van der Waals surface area contributed by atoms with Crippen molar-refractivity contribution in [1.82, 2.24) is 4.90 Å². The summed E-state index contributed by atoms with van der Waals surface area (Å²) >= 11 is 0. The van der Waals surface area contributed by atoms with Crippen LogP contribution < -0.4 is 14.4 Å². The number of anilines is 1.